The summed E-state index contributed by atoms with van der Waals surface area (Å²) in [6.45, 7) is 2.69. The minimum Gasteiger partial charge on any atom is -0.366 e. The van der Waals surface area contributed by atoms with E-state index in [-0.39, 0.29) is 36.6 Å². The van der Waals surface area contributed by atoms with E-state index in [2.05, 4.69) is 10.3 Å². The van der Waals surface area contributed by atoms with Crippen molar-refractivity contribution < 1.29 is 27.5 Å². The SMILES string of the molecule is O=C1CO[C@@H]2CCN(C(=O)N3CCC(Cn4cnc(C(F)(F)F)c4)CC3)C[C@@H]2N1. The molecule has 4 heterocycles. The summed E-state index contributed by atoms with van der Waals surface area (Å²) in [6.07, 6.45) is -0.0881. The molecule has 11 heteroatoms. The predicted octanol–water partition coefficient (Wildman–Crippen LogP) is 1.32. The van der Waals surface area contributed by atoms with Gasteiger partial charge in [-0.1, -0.05) is 0 Å². The summed E-state index contributed by atoms with van der Waals surface area (Å²) in [5.74, 6) is 0.0423. The van der Waals surface area contributed by atoms with Crippen molar-refractivity contribution in [2.24, 2.45) is 5.92 Å². The largest absolute Gasteiger partial charge is 0.434 e. The van der Waals surface area contributed by atoms with Crippen LogP contribution >= 0.6 is 0 Å². The molecule has 29 heavy (non-hydrogen) atoms. The van der Waals surface area contributed by atoms with Gasteiger partial charge in [0.05, 0.1) is 18.5 Å². The second-order valence-corrected chi connectivity index (χ2v) is 7.92. The van der Waals surface area contributed by atoms with Gasteiger partial charge in [-0.2, -0.15) is 13.2 Å². The van der Waals surface area contributed by atoms with Crippen molar-refractivity contribution in [3.05, 3.63) is 18.2 Å². The van der Waals surface area contributed by atoms with E-state index >= 15 is 0 Å². The molecule has 3 aliphatic rings. The van der Waals surface area contributed by atoms with Crippen molar-refractivity contribution in [1.29, 1.82) is 0 Å². The second-order valence-electron chi connectivity index (χ2n) is 7.92. The van der Waals surface area contributed by atoms with Gasteiger partial charge in [-0.15, -0.1) is 0 Å². The molecule has 0 unspecified atom stereocenters. The zero-order chi connectivity index (χ0) is 20.6. The molecule has 0 bridgehead atoms. The molecule has 0 saturated carbocycles. The number of nitrogens with zero attached hydrogens (tertiary/aromatic N) is 4. The summed E-state index contributed by atoms with van der Waals surface area (Å²) in [7, 11) is 0. The summed E-state index contributed by atoms with van der Waals surface area (Å²) in [5.41, 5.74) is -0.882. The maximum absolute atomic E-state index is 12.8. The van der Waals surface area contributed by atoms with Crippen molar-refractivity contribution in [2.75, 3.05) is 32.8 Å². The zero-order valence-corrected chi connectivity index (χ0v) is 15.9. The average molecular weight is 415 g/mol. The number of carbonyl (C=O) groups is 2. The van der Waals surface area contributed by atoms with E-state index in [1.165, 1.54) is 10.9 Å². The molecule has 0 spiro atoms. The Hall–Kier alpha value is -2.30. The van der Waals surface area contributed by atoms with Crippen LogP contribution in [0.25, 0.3) is 0 Å². The van der Waals surface area contributed by atoms with Crippen molar-refractivity contribution in [3.8, 4) is 0 Å². The number of morpholine rings is 1. The monoisotopic (exact) mass is 415 g/mol. The number of urea groups is 1. The third-order valence-corrected chi connectivity index (χ3v) is 5.87. The number of alkyl halides is 3. The summed E-state index contributed by atoms with van der Waals surface area (Å²) in [6, 6.07) is -0.223. The molecule has 160 valence electrons. The summed E-state index contributed by atoms with van der Waals surface area (Å²) in [4.78, 5) is 31.3. The Morgan fingerprint density at radius 2 is 1.93 bits per heavy atom. The van der Waals surface area contributed by atoms with E-state index in [0.717, 1.165) is 19.0 Å². The number of hydrogen-bond acceptors (Lipinski definition) is 4. The fourth-order valence-electron chi connectivity index (χ4n) is 4.28. The van der Waals surface area contributed by atoms with Crippen molar-refractivity contribution in [2.45, 2.75) is 44.1 Å². The molecule has 2 atom stereocenters. The van der Waals surface area contributed by atoms with E-state index in [1.54, 1.807) is 9.80 Å². The second kappa shape index (κ2) is 7.85. The lowest BCUT2D eigenvalue weighted by Gasteiger charge is -2.43. The van der Waals surface area contributed by atoms with Gasteiger partial charge in [0.1, 0.15) is 6.61 Å². The number of piperidine rings is 2. The lowest BCUT2D eigenvalue weighted by Crippen LogP contribution is -2.62. The van der Waals surface area contributed by atoms with E-state index < -0.39 is 11.9 Å². The molecule has 1 aromatic rings. The van der Waals surface area contributed by atoms with E-state index in [9.17, 15) is 22.8 Å². The van der Waals surface area contributed by atoms with Crippen LogP contribution in [0.4, 0.5) is 18.0 Å². The summed E-state index contributed by atoms with van der Waals surface area (Å²) in [5, 5.41) is 2.89. The Labute approximate surface area is 166 Å². The van der Waals surface area contributed by atoms with Gasteiger partial charge in [-0.25, -0.2) is 9.78 Å². The molecule has 0 aliphatic carbocycles. The summed E-state index contributed by atoms with van der Waals surface area (Å²) >= 11 is 0. The minimum absolute atomic E-state index is 0.0424. The van der Waals surface area contributed by atoms with Crippen molar-refractivity contribution in [1.82, 2.24) is 24.7 Å². The van der Waals surface area contributed by atoms with Crippen LogP contribution in [0.1, 0.15) is 25.0 Å². The number of nitrogens with one attached hydrogen (secondary N) is 1. The number of hydrogen-bond donors (Lipinski definition) is 1. The van der Waals surface area contributed by atoms with Gasteiger partial charge in [0.2, 0.25) is 5.91 Å². The van der Waals surface area contributed by atoms with Crippen LogP contribution in [0.2, 0.25) is 0 Å². The molecule has 8 nitrogen and oxygen atoms in total. The Balaban J connectivity index is 1.26. The highest BCUT2D eigenvalue weighted by Gasteiger charge is 2.38. The highest BCUT2D eigenvalue weighted by Crippen LogP contribution is 2.28. The van der Waals surface area contributed by atoms with Crippen LogP contribution in [-0.2, 0) is 22.3 Å². The van der Waals surface area contributed by atoms with Gasteiger partial charge in [0.25, 0.3) is 0 Å². The Morgan fingerprint density at radius 3 is 2.62 bits per heavy atom. The maximum atomic E-state index is 12.8. The normalized spacial score (nSPS) is 26.2. The smallest absolute Gasteiger partial charge is 0.366 e. The van der Waals surface area contributed by atoms with Gasteiger partial charge in [-0.3, -0.25) is 4.79 Å². The fourth-order valence-corrected chi connectivity index (χ4v) is 4.28. The van der Waals surface area contributed by atoms with E-state index in [4.69, 9.17) is 4.74 Å². The number of rotatable bonds is 2. The third-order valence-electron chi connectivity index (χ3n) is 5.87. The standard InChI is InChI=1S/C18H24F3N5O3/c19-18(20,21)15-9-24(11-22-15)7-12-1-4-25(5-2-12)17(28)26-6-3-14-13(8-26)23-16(27)10-29-14/h9,11-14H,1-8,10H2,(H,23,27)/t13-,14+/m0/s1. The van der Waals surface area contributed by atoms with Gasteiger partial charge < -0.3 is 24.4 Å². The lowest BCUT2D eigenvalue weighted by molar-refractivity contribution is -0.141. The first-order chi connectivity index (χ1) is 13.8. The summed E-state index contributed by atoms with van der Waals surface area (Å²) < 4.78 is 45.0. The number of halogens is 3. The van der Waals surface area contributed by atoms with E-state index in [1.807, 2.05) is 0 Å². The number of ether oxygens (including phenoxy) is 1. The van der Waals surface area contributed by atoms with Crippen LogP contribution in [-0.4, -0.2) is 76.2 Å². The third kappa shape index (κ3) is 4.49. The van der Waals surface area contributed by atoms with Crippen molar-refractivity contribution in [3.63, 3.8) is 0 Å². The fraction of sp³-hybridized carbons (Fsp3) is 0.722. The first kappa shape index (κ1) is 20.0. The first-order valence-electron chi connectivity index (χ1n) is 9.83. The molecule has 3 aliphatic heterocycles. The Bertz CT molecular complexity index is 760. The van der Waals surface area contributed by atoms with Crippen LogP contribution in [0.3, 0.4) is 0 Å². The predicted molar refractivity (Wildman–Crippen MR) is 94.8 cm³/mol. The Kier molecular flexibility index (Phi) is 5.41. The van der Waals surface area contributed by atoms with E-state index in [0.29, 0.717) is 39.1 Å². The molecular weight excluding hydrogens is 391 g/mol. The van der Waals surface area contributed by atoms with Crippen LogP contribution in [0, 0.1) is 5.92 Å². The van der Waals surface area contributed by atoms with Crippen molar-refractivity contribution >= 4 is 11.9 Å². The van der Waals surface area contributed by atoms with Gasteiger partial charge in [0.15, 0.2) is 5.69 Å². The Morgan fingerprint density at radius 1 is 1.21 bits per heavy atom. The minimum atomic E-state index is -4.43. The highest BCUT2D eigenvalue weighted by atomic mass is 19.4. The molecule has 1 N–H and O–H groups in total. The molecule has 0 radical (unpaired) electrons. The van der Waals surface area contributed by atoms with Crippen LogP contribution in [0.5, 0.6) is 0 Å². The number of aromatic nitrogens is 2. The first-order valence-corrected chi connectivity index (χ1v) is 9.83. The molecule has 0 aromatic carbocycles. The number of likely N-dealkylation sites (tertiary alicyclic amines) is 2. The maximum Gasteiger partial charge on any atom is 0.434 e. The highest BCUT2D eigenvalue weighted by molar-refractivity contribution is 5.79. The van der Waals surface area contributed by atoms with Gasteiger partial charge >= 0.3 is 12.2 Å². The number of imidazole rings is 1. The quantitative estimate of drug-likeness (QED) is 0.790. The molecule has 3 fully saturated rings. The zero-order valence-electron chi connectivity index (χ0n) is 15.9. The molecule has 1 aromatic heterocycles. The van der Waals surface area contributed by atoms with Gasteiger partial charge in [-0.05, 0) is 25.2 Å². The number of fused-ring (bicyclic) bond motifs is 1. The topological polar surface area (TPSA) is 79.7 Å². The van der Waals surface area contributed by atoms with Crippen LogP contribution in [0.15, 0.2) is 12.5 Å². The lowest BCUT2D eigenvalue weighted by atomic mass is 9.96. The average Bonchev–Trinajstić information content (AvgIpc) is 3.16. The van der Waals surface area contributed by atoms with Gasteiger partial charge in [0, 0.05) is 38.9 Å². The number of amides is 3. The molecular formula is C18H24F3N5O3. The molecule has 4 rings (SSSR count). The molecule has 3 amide bonds. The molecule has 3 saturated heterocycles. The number of carbonyl (C=O) groups excluding carboxylic acids is 2. The van der Waals surface area contributed by atoms with Crippen LogP contribution < -0.4 is 5.32 Å².